The van der Waals surface area contributed by atoms with Gasteiger partial charge in [-0.15, -0.1) is 0 Å². The highest BCUT2D eigenvalue weighted by atomic mass is 16.5. The van der Waals surface area contributed by atoms with Crippen LogP contribution < -0.4 is 10.6 Å². The first-order chi connectivity index (χ1) is 9.60. The van der Waals surface area contributed by atoms with E-state index in [0.29, 0.717) is 5.92 Å². The van der Waals surface area contributed by atoms with Crippen LogP contribution in [0.15, 0.2) is 6.33 Å². The Morgan fingerprint density at radius 1 is 1.10 bits per heavy atom. The summed E-state index contributed by atoms with van der Waals surface area (Å²) in [7, 11) is 0. The molecule has 0 bridgehead atoms. The molecule has 1 heterocycles. The predicted octanol–water partition coefficient (Wildman–Crippen LogP) is 3.26. The Bertz CT molecular complexity index is 395. The third-order valence-corrected chi connectivity index (χ3v) is 3.01. The zero-order valence-electron chi connectivity index (χ0n) is 13.4. The van der Waals surface area contributed by atoms with Gasteiger partial charge in [-0.2, -0.15) is 0 Å². The van der Waals surface area contributed by atoms with Crippen molar-refractivity contribution in [3.63, 3.8) is 0 Å². The van der Waals surface area contributed by atoms with Crippen LogP contribution in [0.5, 0.6) is 0 Å². The fourth-order valence-electron chi connectivity index (χ4n) is 2.05. The molecule has 0 fully saturated rings. The summed E-state index contributed by atoms with van der Waals surface area (Å²) in [6.45, 7) is 12.9. The molecule has 0 aliphatic rings. The minimum Gasteiger partial charge on any atom is -0.377 e. The van der Waals surface area contributed by atoms with E-state index in [0.717, 1.165) is 43.3 Å². The number of aromatic nitrogens is 2. The molecular weight excluding hydrogens is 252 g/mol. The van der Waals surface area contributed by atoms with Gasteiger partial charge in [-0.3, -0.25) is 0 Å². The van der Waals surface area contributed by atoms with Gasteiger partial charge in [0.1, 0.15) is 18.0 Å². The molecular formula is C15H28N4O. The molecule has 2 N–H and O–H groups in total. The fraction of sp³-hybridized carbons (Fsp3) is 0.733. The maximum absolute atomic E-state index is 5.54. The summed E-state index contributed by atoms with van der Waals surface area (Å²) in [5.41, 5.74) is 1.14. The van der Waals surface area contributed by atoms with Crippen molar-refractivity contribution in [2.45, 2.75) is 53.1 Å². The van der Waals surface area contributed by atoms with Crippen LogP contribution in [0.1, 0.15) is 52.5 Å². The molecule has 0 amide bonds. The summed E-state index contributed by atoms with van der Waals surface area (Å²) >= 11 is 0. The van der Waals surface area contributed by atoms with Gasteiger partial charge in [0, 0.05) is 25.3 Å². The second-order valence-corrected chi connectivity index (χ2v) is 5.21. The van der Waals surface area contributed by atoms with E-state index < -0.39 is 0 Å². The van der Waals surface area contributed by atoms with Gasteiger partial charge in [-0.25, -0.2) is 9.97 Å². The number of nitrogens with zero attached hydrogens (tertiary/aromatic N) is 2. The van der Waals surface area contributed by atoms with Gasteiger partial charge in [0.25, 0.3) is 0 Å². The van der Waals surface area contributed by atoms with Crippen molar-refractivity contribution >= 4 is 11.6 Å². The van der Waals surface area contributed by atoms with Gasteiger partial charge in [0.05, 0.1) is 6.10 Å². The third kappa shape index (κ3) is 4.96. The summed E-state index contributed by atoms with van der Waals surface area (Å²) in [5, 5.41) is 6.75. The molecule has 5 heteroatoms. The van der Waals surface area contributed by atoms with Gasteiger partial charge >= 0.3 is 0 Å². The second-order valence-electron chi connectivity index (χ2n) is 5.21. The molecule has 1 unspecified atom stereocenters. The Hall–Kier alpha value is -1.36. The number of ether oxygens (including phenoxy) is 1. The van der Waals surface area contributed by atoms with Crippen molar-refractivity contribution in [2.24, 2.45) is 0 Å². The number of anilines is 2. The van der Waals surface area contributed by atoms with Gasteiger partial charge < -0.3 is 15.4 Å². The number of hydrogen-bond donors (Lipinski definition) is 2. The number of nitrogens with one attached hydrogen (secondary N) is 2. The zero-order valence-corrected chi connectivity index (χ0v) is 13.4. The van der Waals surface area contributed by atoms with E-state index in [2.05, 4.69) is 48.3 Å². The molecule has 0 saturated heterocycles. The monoisotopic (exact) mass is 280 g/mol. The van der Waals surface area contributed by atoms with Crippen molar-refractivity contribution in [3.8, 4) is 0 Å². The summed E-state index contributed by atoms with van der Waals surface area (Å²) in [4.78, 5) is 8.75. The molecule has 0 aliphatic carbocycles. The highest BCUT2D eigenvalue weighted by molar-refractivity contribution is 5.59. The molecule has 0 aromatic carbocycles. The smallest absolute Gasteiger partial charge is 0.135 e. The topological polar surface area (TPSA) is 59.1 Å². The maximum atomic E-state index is 5.54. The Kier molecular flexibility index (Phi) is 7.30. The van der Waals surface area contributed by atoms with E-state index >= 15 is 0 Å². The van der Waals surface area contributed by atoms with E-state index in [1.54, 1.807) is 6.33 Å². The van der Waals surface area contributed by atoms with Gasteiger partial charge in [-0.1, -0.05) is 20.8 Å². The summed E-state index contributed by atoms with van der Waals surface area (Å²) < 4.78 is 5.54. The Morgan fingerprint density at radius 2 is 1.75 bits per heavy atom. The number of rotatable bonds is 9. The molecule has 0 aliphatic heterocycles. The molecule has 114 valence electrons. The van der Waals surface area contributed by atoms with E-state index in [-0.39, 0.29) is 6.10 Å². The fourth-order valence-corrected chi connectivity index (χ4v) is 2.05. The molecule has 0 spiro atoms. The minimum atomic E-state index is 0.169. The van der Waals surface area contributed by atoms with E-state index in [1.807, 2.05) is 6.92 Å². The molecule has 1 aromatic rings. The van der Waals surface area contributed by atoms with Crippen molar-refractivity contribution in [2.75, 3.05) is 30.3 Å². The summed E-state index contributed by atoms with van der Waals surface area (Å²) in [5.74, 6) is 2.20. The van der Waals surface area contributed by atoms with E-state index in [9.17, 15) is 0 Å². The Balaban J connectivity index is 2.83. The SMILES string of the molecule is CCCNc1ncnc(NCC(C)OCC)c1C(C)C. The third-order valence-electron chi connectivity index (χ3n) is 3.01. The van der Waals surface area contributed by atoms with Crippen LogP contribution in [0.2, 0.25) is 0 Å². The lowest BCUT2D eigenvalue weighted by molar-refractivity contribution is 0.0854. The molecule has 20 heavy (non-hydrogen) atoms. The molecule has 1 aromatic heterocycles. The van der Waals surface area contributed by atoms with Crippen molar-refractivity contribution in [1.82, 2.24) is 9.97 Å². The average molecular weight is 280 g/mol. The van der Waals surface area contributed by atoms with E-state index in [4.69, 9.17) is 4.74 Å². The molecule has 0 radical (unpaired) electrons. The van der Waals surface area contributed by atoms with E-state index in [1.165, 1.54) is 0 Å². The van der Waals surface area contributed by atoms with Crippen molar-refractivity contribution in [1.29, 1.82) is 0 Å². The van der Waals surface area contributed by atoms with Crippen LogP contribution >= 0.6 is 0 Å². The normalized spacial score (nSPS) is 12.5. The maximum Gasteiger partial charge on any atom is 0.135 e. The molecule has 5 nitrogen and oxygen atoms in total. The van der Waals surface area contributed by atoms with Crippen LogP contribution in [0.4, 0.5) is 11.6 Å². The lowest BCUT2D eigenvalue weighted by atomic mass is 10.0. The quantitative estimate of drug-likeness (QED) is 0.727. The van der Waals surface area contributed by atoms with Crippen LogP contribution in [-0.2, 0) is 4.74 Å². The highest BCUT2D eigenvalue weighted by Gasteiger charge is 2.15. The van der Waals surface area contributed by atoms with Crippen molar-refractivity contribution in [3.05, 3.63) is 11.9 Å². The molecule has 0 saturated carbocycles. The molecule has 1 atom stereocenters. The average Bonchev–Trinajstić information content (AvgIpc) is 2.42. The van der Waals surface area contributed by atoms with Crippen LogP contribution in [0.3, 0.4) is 0 Å². The highest BCUT2D eigenvalue weighted by Crippen LogP contribution is 2.28. The van der Waals surface area contributed by atoms with Crippen LogP contribution in [0, 0.1) is 0 Å². The standard InChI is InChI=1S/C15H28N4O/c1-6-8-16-14-13(11(3)4)15(19-10-18-14)17-9-12(5)20-7-2/h10-12H,6-9H2,1-5H3,(H2,16,17,18,19). The number of hydrogen-bond acceptors (Lipinski definition) is 5. The first kappa shape index (κ1) is 16.7. The first-order valence-electron chi connectivity index (χ1n) is 7.54. The van der Waals surface area contributed by atoms with Crippen molar-refractivity contribution < 1.29 is 4.74 Å². The zero-order chi connectivity index (χ0) is 15.0. The van der Waals surface area contributed by atoms with Crippen LogP contribution in [-0.4, -0.2) is 35.8 Å². The summed E-state index contributed by atoms with van der Waals surface area (Å²) in [6, 6.07) is 0. The molecule has 1 rings (SSSR count). The summed E-state index contributed by atoms with van der Waals surface area (Å²) in [6.07, 6.45) is 2.85. The van der Waals surface area contributed by atoms with Crippen LogP contribution in [0.25, 0.3) is 0 Å². The van der Waals surface area contributed by atoms with Gasteiger partial charge in [0.15, 0.2) is 0 Å². The minimum absolute atomic E-state index is 0.169. The largest absolute Gasteiger partial charge is 0.377 e. The Morgan fingerprint density at radius 3 is 2.30 bits per heavy atom. The first-order valence-corrected chi connectivity index (χ1v) is 7.54. The predicted molar refractivity (Wildman–Crippen MR) is 84.5 cm³/mol. The van der Waals surface area contributed by atoms with Gasteiger partial charge in [-0.05, 0) is 26.2 Å². The Labute approximate surface area is 122 Å². The van der Waals surface area contributed by atoms with Gasteiger partial charge in [0.2, 0.25) is 0 Å². The lowest BCUT2D eigenvalue weighted by Crippen LogP contribution is -2.21. The lowest BCUT2D eigenvalue weighted by Gasteiger charge is -2.19. The second kappa shape index (κ2) is 8.74.